The van der Waals surface area contributed by atoms with Crippen LogP contribution in [0.25, 0.3) is 10.9 Å². The molecule has 0 saturated carbocycles. The van der Waals surface area contributed by atoms with E-state index in [2.05, 4.69) is 21.4 Å². The number of aromatic nitrogens is 2. The van der Waals surface area contributed by atoms with Gasteiger partial charge in [0.05, 0.1) is 0 Å². The molecule has 0 radical (unpaired) electrons. The van der Waals surface area contributed by atoms with Gasteiger partial charge < -0.3 is 10.3 Å². The number of benzene rings is 1. The van der Waals surface area contributed by atoms with Gasteiger partial charge in [0.25, 0.3) is 0 Å². The minimum atomic E-state index is 0.0845. The number of rotatable bonds is 6. The molecule has 0 fully saturated rings. The van der Waals surface area contributed by atoms with Gasteiger partial charge in [0.1, 0.15) is 0 Å². The molecule has 2 heterocycles. The van der Waals surface area contributed by atoms with Gasteiger partial charge in [0.15, 0.2) is 0 Å². The number of aryl methyl sites for hydroxylation is 1. The Hall–Kier alpha value is -2.62. The van der Waals surface area contributed by atoms with E-state index in [-0.39, 0.29) is 5.91 Å². The fraction of sp³-hybridized carbons (Fsp3) is 0.222. The summed E-state index contributed by atoms with van der Waals surface area (Å²) < 4.78 is 0. The summed E-state index contributed by atoms with van der Waals surface area (Å²) in [6.45, 7) is 0.629. The molecule has 3 rings (SSSR count). The van der Waals surface area contributed by atoms with E-state index in [4.69, 9.17) is 0 Å². The van der Waals surface area contributed by atoms with Crippen molar-refractivity contribution < 1.29 is 4.79 Å². The number of hydrogen-bond donors (Lipinski definition) is 2. The quantitative estimate of drug-likeness (QED) is 0.734. The summed E-state index contributed by atoms with van der Waals surface area (Å²) >= 11 is 0. The summed E-state index contributed by atoms with van der Waals surface area (Å²) in [5, 5.41) is 4.15. The second-order valence-electron chi connectivity index (χ2n) is 5.28. The molecule has 0 aliphatic rings. The van der Waals surface area contributed by atoms with Crippen LogP contribution in [0.3, 0.4) is 0 Å². The number of carbonyl (C=O) groups excluding carboxylic acids is 1. The second kappa shape index (κ2) is 6.89. The summed E-state index contributed by atoms with van der Waals surface area (Å²) in [5.74, 6) is 0.0845. The van der Waals surface area contributed by atoms with Crippen LogP contribution in [-0.4, -0.2) is 22.4 Å². The average Bonchev–Trinajstić information content (AvgIpc) is 2.97. The van der Waals surface area contributed by atoms with Gasteiger partial charge in [0, 0.05) is 48.4 Å². The molecular formula is C18H19N3O. The topological polar surface area (TPSA) is 57.8 Å². The van der Waals surface area contributed by atoms with Gasteiger partial charge in [0.2, 0.25) is 5.91 Å². The summed E-state index contributed by atoms with van der Waals surface area (Å²) in [6.07, 6.45) is 5.78. The number of para-hydroxylation sites is 1. The third-order valence-electron chi connectivity index (χ3n) is 3.73. The van der Waals surface area contributed by atoms with Crippen molar-refractivity contribution in [3.05, 3.63) is 66.1 Å². The lowest BCUT2D eigenvalue weighted by Gasteiger charge is -2.04. The highest BCUT2D eigenvalue weighted by Gasteiger charge is 2.06. The van der Waals surface area contributed by atoms with Crippen molar-refractivity contribution in [2.24, 2.45) is 0 Å². The van der Waals surface area contributed by atoms with Crippen molar-refractivity contribution in [3.8, 4) is 0 Å². The normalized spacial score (nSPS) is 10.7. The highest BCUT2D eigenvalue weighted by Crippen LogP contribution is 2.18. The predicted octanol–water partition coefficient (Wildman–Crippen LogP) is 2.85. The molecule has 0 unspecified atom stereocenters. The van der Waals surface area contributed by atoms with Crippen molar-refractivity contribution in [2.45, 2.75) is 19.3 Å². The summed E-state index contributed by atoms with van der Waals surface area (Å²) in [4.78, 5) is 19.4. The minimum absolute atomic E-state index is 0.0845. The maximum absolute atomic E-state index is 11.9. The molecule has 0 aliphatic carbocycles. The lowest BCUT2D eigenvalue weighted by Crippen LogP contribution is -2.26. The van der Waals surface area contributed by atoms with E-state index in [1.165, 1.54) is 10.9 Å². The van der Waals surface area contributed by atoms with Crippen LogP contribution in [-0.2, 0) is 17.6 Å². The first-order valence-corrected chi connectivity index (χ1v) is 7.54. The molecule has 4 heteroatoms. The molecule has 2 aromatic heterocycles. The Kier molecular flexibility index (Phi) is 4.49. The van der Waals surface area contributed by atoms with E-state index in [0.717, 1.165) is 24.1 Å². The highest BCUT2D eigenvalue weighted by atomic mass is 16.1. The van der Waals surface area contributed by atoms with E-state index in [1.54, 1.807) is 6.20 Å². The van der Waals surface area contributed by atoms with Gasteiger partial charge in [-0.2, -0.15) is 0 Å². The molecule has 3 aromatic rings. The molecule has 0 saturated heterocycles. The number of pyridine rings is 1. The van der Waals surface area contributed by atoms with Crippen LogP contribution in [0.4, 0.5) is 0 Å². The predicted molar refractivity (Wildman–Crippen MR) is 87.6 cm³/mol. The first kappa shape index (κ1) is 14.3. The molecule has 0 aliphatic heterocycles. The number of H-pyrrole nitrogens is 1. The van der Waals surface area contributed by atoms with E-state index < -0.39 is 0 Å². The van der Waals surface area contributed by atoms with Gasteiger partial charge in [-0.3, -0.25) is 9.78 Å². The Morgan fingerprint density at radius 3 is 2.82 bits per heavy atom. The zero-order valence-electron chi connectivity index (χ0n) is 12.4. The fourth-order valence-corrected chi connectivity index (χ4v) is 2.55. The zero-order chi connectivity index (χ0) is 15.2. The lowest BCUT2D eigenvalue weighted by atomic mass is 10.1. The van der Waals surface area contributed by atoms with Crippen LogP contribution in [0.5, 0.6) is 0 Å². The Bertz CT molecular complexity index is 749. The van der Waals surface area contributed by atoms with Crippen LogP contribution in [0.15, 0.2) is 54.9 Å². The first-order valence-electron chi connectivity index (χ1n) is 7.54. The number of carbonyl (C=O) groups is 1. The van der Waals surface area contributed by atoms with Crippen molar-refractivity contribution >= 4 is 16.8 Å². The number of nitrogens with zero attached hydrogens (tertiary/aromatic N) is 1. The Morgan fingerprint density at radius 1 is 1.09 bits per heavy atom. The summed E-state index contributed by atoms with van der Waals surface area (Å²) in [6, 6.07) is 14.0. The number of aromatic amines is 1. The molecular weight excluding hydrogens is 274 g/mol. The SMILES string of the molecule is O=C(CCc1c[nH]c2ccccc12)NCCc1ccccn1. The largest absolute Gasteiger partial charge is 0.361 e. The summed E-state index contributed by atoms with van der Waals surface area (Å²) in [5.41, 5.74) is 3.31. The van der Waals surface area contributed by atoms with E-state index >= 15 is 0 Å². The van der Waals surface area contributed by atoms with Crippen LogP contribution in [0, 0.1) is 0 Å². The molecule has 4 nitrogen and oxygen atoms in total. The Morgan fingerprint density at radius 2 is 1.95 bits per heavy atom. The van der Waals surface area contributed by atoms with Gasteiger partial charge in [-0.1, -0.05) is 24.3 Å². The number of nitrogens with one attached hydrogen (secondary N) is 2. The van der Waals surface area contributed by atoms with Gasteiger partial charge >= 0.3 is 0 Å². The molecule has 0 bridgehead atoms. The maximum Gasteiger partial charge on any atom is 0.220 e. The molecule has 22 heavy (non-hydrogen) atoms. The smallest absolute Gasteiger partial charge is 0.220 e. The third-order valence-corrected chi connectivity index (χ3v) is 3.73. The minimum Gasteiger partial charge on any atom is -0.361 e. The third kappa shape index (κ3) is 3.52. The molecule has 2 N–H and O–H groups in total. The maximum atomic E-state index is 11.9. The first-order chi connectivity index (χ1) is 10.8. The van der Waals surface area contributed by atoms with Gasteiger partial charge in [-0.25, -0.2) is 0 Å². The molecule has 112 valence electrons. The fourth-order valence-electron chi connectivity index (χ4n) is 2.55. The highest BCUT2D eigenvalue weighted by molar-refractivity contribution is 5.84. The lowest BCUT2D eigenvalue weighted by molar-refractivity contribution is -0.121. The van der Waals surface area contributed by atoms with Crippen molar-refractivity contribution in [3.63, 3.8) is 0 Å². The van der Waals surface area contributed by atoms with Crippen LogP contribution in [0.2, 0.25) is 0 Å². The number of amides is 1. The number of hydrogen-bond acceptors (Lipinski definition) is 2. The molecule has 0 atom stereocenters. The van der Waals surface area contributed by atoms with E-state index in [1.807, 2.05) is 42.6 Å². The van der Waals surface area contributed by atoms with Crippen molar-refractivity contribution in [1.82, 2.24) is 15.3 Å². The van der Waals surface area contributed by atoms with Crippen LogP contribution < -0.4 is 5.32 Å². The Balaban J connectivity index is 1.46. The van der Waals surface area contributed by atoms with Crippen molar-refractivity contribution in [2.75, 3.05) is 6.54 Å². The van der Waals surface area contributed by atoms with Crippen LogP contribution in [0.1, 0.15) is 17.7 Å². The second-order valence-corrected chi connectivity index (χ2v) is 5.28. The summed E-state index contributed by atoms with van der Waals surface area (Å²) in [7, 11) is 0. The standard InChI is InChI=1S/C18H19N3O/c22-18(20-12-10-15-5-3-4-11-19-15)9-8-14-13-21-17-7-2-1-6-16(14)17/h1-7,11,13,21H,8-10,12H2,(H,20,22). The van der Waals surface area contributed by atoms with Crippen molar-refractivity contribution in [1.29, 1.82) is 0 Å². The van der Waals surface area contributed by atoms with Crippen LogP contribution >= 0.6 is 0 Å². The average molecular weight is 293 g/mol. The molecule has 1 aromatic carbocycles. The molecule has 1 amide bonds. The van der Waals surface area contributed by atoms with E-state index in [9.17, 15) is 4.79 Å². The van der Waals surface area contributed by atoms with Gasteiger partial charge in [-0.15, -0.1) is 0 Å². The Labute approximate surface area is 129 Å². The zero-order valence-corrected chi connectivity index (χ0v) is 12.4. The van der Waals surface area contributed by atoms with Gasteiger partial charge in [-0.05, 0) is 30.2 Å². The molecule has 0 spiro atoms. The monoisotopic (exact) mass is 293 g/mol. The van der Waals surface area contributed by atoms with E-state index in [0.29, 0.717) is 13.0 Å². The number of fused-ring (bicyclic) bond motifs is 1.